The first-order valence-electron chi connectivity index (χ1n) is 10.8. The van der Waals surface area contributed by atoms with E-state index in [1.54, 1.807) is 0 Å². The molecule has 0 amide bonds. The lowest BCUT2D eigenvalue weighted by Crippen LogP contribution is -2.52. The Labute approximate surface area is 196 Å². The quantitative estimate of drug-likeness (QED) is 0.608. The van der Waals surface area contributed by atoms with E-state index in [0.717, 1.165) is 48.6 Å². The van der Waals surface area contributed by atoms with Gasteiger partial charge < -0.3 is 4.90 Å². The van der Waals surface area contributed by atoms with E-state index in [1.807, 2.05) is 4.90 Å². The first kappa shape index (κ1) is 24.1. The van der Waals surface area contributed by atoms with Crippen molar-refractivity contribution in [1.29, 1.82) is 0 Å². The normalized spacial score (nSPS) is 18.4. The number of thioether (sulfide) groups is 1. The molecular weight excluding hydrogens is 472 g/mol. The Kier molecular flexibility index (Phi) is 7.08. The van der Waals surface area contributed by atoms with Crippen LogP contribution in [0.15, 0.2) is 34.1 Å². The number of aromatic nitrogens is 2. The van der Waals surface area contributed by atoms with Crippen molar-refractivity contribution in [3.63, 3.8) is 0 Å². The molecule has 0 atom stereocenters. The number of nitrogens with zero attached hydrogens (tertiary/aromatic N) is 5. The molecule has 2 heterocycles. The zero-order valence-corrected chi connectivity index (χ0v) is 20.2. The van der Waals surface area contributed by atoms with Crippen LogP contribution in [-0.4, -0.2) is 72.3 Å². The van der Waals surface area contributed by atoms with Gasteiger partial charge in [0.25, 0.3) is 15.8 Å². The van der Waals surface area contributed by atoms with Gasteiger partial charge in [0, 0.05) is 51.6 Å². The molecule has 1 saturated carbocycles. The summed E-state index contributed by atoms with van der Waals surface area (Å²) < 4.78 is 56.1. The van der Waals surface area contributed by atoms with E-state index in [4.69, 9.17) is 0 Å². The Morgan fingerprint density at radius 2 is 1.64 bits per heavy atom. The van der Waals surface area contributed by atoms with Crippen molar-refractivity contribution in [3.05, 3.63) is 46.4 Å². The molecule has 0 radical (unpaired) electrons. The minimum atomic E-state index is -3.51. The first-order valence-corrected chi connectivity index (χ1v) is 13.1. The average molecular weight is 500 g/mol. The maximum absolute atomic E-state index is 13.8. The highest BCUT2D eigenvalue weighted by atomic mass is 32.2. The van der Waals surface area contributed by atoms with Gasteiger partial charge in [0.15, 0.2) is 0 Å². The van der Waals surface area contributed by atoms with Crippen molar-refractivity contribution >= 4 is 27.7 Å². The Morgan fingerprint density at radius 1 is 1.03 bits per heavy atom. The van der Waals surface area contributed by atoms with Gasteiger partial charge in [0.2, 0.25) is 0 Å². The van der Waals surface area contributed by atoms with Crippen LogP contribution in [-0.2, 0) is 10.2 Å². The average Bonchev–Trinajstić information content (AvgIpc) is 3.27. The summed E-state index contributed by atoms with van der Waals surface area (Å²) in [6.45, 7) is 1.38. The molecule has 1 aliphatic carbocycles. The van der Waals surface area contributed by atoms with Crippen LogP contribution in [0.4, 0.5) is 14.5 Å². The third-order valence-electron chi connectivity index (χ3n) is 5.96. The molecule has 2 aromatic rings. The van der Waals surface area contributed by atoms with Crippen LogP contribution in [0.25, 0.3) is 5.69 Å². The number of rotatable bonds is 6. The summed E-state index contributed by atoms with van der Waals surface area (Å²) in [5.41, 5.74) is 0.226. The van der Waals surface area contributed by atoms with Crippen molar-refractivity contribution in [3.8, 4) is 5.69 Å². The standard InChI is InChI=1S/C21H27F2N5O3S2/c1-25(2)33(30,31)27-9-7-26(8-10-27)19-14-24-28(17-12-15(22)11-16(23)13-17)21(29)20(19)32-18-5-3-4-6-18/h11-14,18H,3-10H2,1-2H3. The van der Waals surface area contributed by atoms with Gasteiger partial charge in [0.05, 0.1) is 22.5 Å². The Bertz CT molecular complexity index is 1150. The van der Waals surface area contributed by atoms with E-state index in [2.05, 4.69) is 5.10 Å². The Hall–Kier alpha value is -2.02. The highest BCUT2D eigenvalue weighted by molar-refractivity contribution is 8.00. The Morgan fingerprint density at radius 3 is 2.21 bits per heavy atom. The maximum Gasteiger partial charge on any atom is 0.287 e. The van der Waals surface area contributed by atoms with Crippen LogP contribution in [0.3, 0.4) is 0 Å². The number of hydrogen-bond acceptors (Lipinski definition) is 6. The zero-order chi connectivity index (χ0) is 23.8. The number of hydrogen-bond donors (Lipinski definition) is 0. The fraction of sp³-hybridized carbons (Fsp3) is 0.524. The number of benzene rings is 1. The van der Waals surface area contributed by atoms with Crippen molar-refractivity contribution in [2.45, 2.75) is 35.8 Å². The van der Waals surface area contributed by atoms with E-state index < -0.39 is 27.4 Å². The molecule has 1 aromatic carbocycles. The molecule has 2 fully saturated rings. The van der Waals surface area contributed by atoms with Crippen LogP contribution < -0.4 is 10.5 Å². The summed E-state index contributed by atoms with van der Waals surface area (Å²) in [4.78, 5) is 15.9. The summed E-state index contributed by atoms with van der Waals surface area (Å²) in [7, 11) is -0.517. The Balaban J connectivity index is 1.68. The second-order valence-corrected chi connectivity index (χ2v) is 11.9. The monoisotopic (exact) mass is 499 g/mol. The molecule has 1 aromatic heterocycles. The minimum absolute atomic E-state index is 0.0271. The summed E-state index contributed by atoms with van der Waals surface area (Å²) in [6, 6.07) is 2.90. The SMILES string of the molecule is CN(C)S(=O)(=O)N1CCN(c2cnn(-c3cc(F)cc(F)c3)c(=O)c2SC2CCCC2)CC1. The van der Waals surface area contributed by atoms with Crippen molar-refractivity contribution < 1.29 is 17.2 Å². The molecule has 0 N–H and O–H groups in total. The highest BCUT2D eigenvalue weighted by Crippen LogP contribution is 2.37. The van der Waals surface area contributed by atoms with Crippen LogP contribution in [0.5, 0.6) is 0 Å². The van der Waals surface area contributed by atoms with E-state index >= 15 is 0 Å². The first-order chi connectivity index (χ1) is 15.7. The third-order valence-corrected chi connectivity index (χ3v) is 9.33. The van der Waals surface area contributed by atoms with E-state index in [9.17, 15) is 22.0 Å². The van der Waals surface area contributed by atoms with Gasteiger partial charge in [-0.15, -0.1) is 11.8 Å². The fourth-order valence-corrected chi connectivity index (χ4v) is 6.65. The number of anilines is 1. The molecule has 0 unspecified atom stereocenters. The van der Waals surface area contributed by atoms with E-state index in [-0.39, 0.29) is 24.0 Å². The summed E-state index contributed by atoms with van der Waals surface area (Å²) in [5.74, 6) is -1.57. The topological polar surface area (TPSA) is 78.8 Å². The van der Waals surface area contributed by atoms with Gasteiger partial charge in [-0.25, -0.2) is 8.78 Å². The summed E-state index contributed by atoms with van der Waals surface area (Å²) in [6.07, 6.45) is 5.73. The van der Waals surface area contributed by atoms with Crippen molar-refractivity contribution in [2.24, 2.45) is 0 Å². The largest absolute Gasteiger partial charge is 0.367 e. The molecule has 1 aliphatic heterocycles. The lowest BCUT2D eigenvalue weighted by Gasteiger charge is -2.36. The third kappa shape index (κ3) is 5.08. The molecule has 4 rings (SSSR count). The van der Waals surface area contributed by atoms with E-state index in [1.165, 1.54) is 40.7 Å². The molecule has 2 aliphatic rings. The van der Waals surface area contributed by atoms with Crippen LogP contribution >= 0.6 is 11.8 Å². The predicted molar refractivity (Wildman–Crippen MR) is 124 cm³/mol. The molecule has 0 bridgehead atoms. The lowest BCUT2D eigenvalue weighted by atomic mass is 10.3. The van der Waals surface area contributed by atoms with Crippen molar-refractivity contribution in [1.82, 2.24) is 18.4 Å². The predicted octanol–water partition coefficient (Wildman–Crippen LogP) is 2.47. The zero-order valence-electron chi connectivity index (χ0n) is 18.6. The fourth-order valence-electron chi connectivity index (χ4n) is 4.17. The molecule has 0 spiro atoms. The molecule has 12 heteroatoms. The summed E-state index contributed by atoms with van der Waals surface area (Å²) in [5, 5.41) is 4.50. The summed E-state index contributed by atoms with van der Waals surface area (Å²) >= 11 is 1.48. The molecule has 1 saturated heterocycles. The van der Waals surface area contributed by atoms with Crippen LogP contribution in [0.2, 0.25) is 0 Å². The van der Waals surface area contributed by atoms with Crippen LogP contribution in [0.1, 0.15) is 25.7 Å². The minimum Gasteiger partial charge on any atom is -0.367 e. The lowest BCUT2D eigenvalue weighted by molar-refractivity contribution is 0.355. The van der Waals surface area contributed by atoms with Gasteiger partial charge in [-0.05, 0) is 25.0 Å². The highest BCUT2D eigenvalue weighted by Gasteiger charge is 2.31. The van der Waals surface area contributed by atoms with Crippen molar-refractivity contribution in [2.75, 3.05) is 45.2 Å². The second kappa shape index (κ2) is 9.69. The van der Waals surface area contributed by atoms with Crippen LogP contribution in [0, 0.1) is 11.6 Å². The maximum atomic E-state index is 13.8. The smallest absolute Gasteiger partial charge is 0.287 e. The van der Waals surface area contributed by atoms with Gasteiger partial charge in [-0.2, -0.15) is 26.8 Å². The van der Waals surface area contributed by atoms with Gasteiger partial charge in [0.1, 0.15) is 11.6 Å². The van der Waals surface area contributed by atoms with E-state index in [0.29, 0.717) is 23.7 Å². The molecular formula is C21H27F2N5O3S2. The number of piperazine rings is 1. The van der Waals surface area contributed by atoms with Gasteiger partial charge >= 0.3 is 0 Å². The molecule has 33 heavy (non-hydrogen) atoms. The van der Waals surface area contributed by atoms with Gasteiger partial charge in [-0.3, -0.25) is 4.79 Å². The molecule has 8 nitrogen and oxygen atoms in total. The van der Waals surface area contributed by atoms with Gasteiger partial charge in [-0.1, -0.05) is 12.8 Å². The molecule has 180 valence electrons. The second-order valence-electron chi connectivity index (χ2n) is 8.40. The number of halogens is 2.